The van der Waals surface area contributed by atoms with Crippen LogP contribution in [0.1, 0.15) is 89.7 Å². The first-order chi connectivity index (χ1) is 21.8. The fourth-order valence-electron chi connectivity index (χ4n) is 6.81. The summed E-state index contributed by atoms with van der Waals surface area (Å²) in [6.07, 6.45) is 5.26. The van der Waals surface area contributed by atoms with Crippen LogP contribution in [0.25, 0.3) is 0 Å². The zero-order chi connectivity index (χ0) is 33.2. The van der Waals surface area contributed by atoms with Crippen molar-refractivity contribution < 1.29 is 38.6 Å². The Morgan fingerprint density at radius 3 is 2.59 bits per heavy atom. The van der Waals surface area contributed by atoms with Crippen LogP contribution in [-0.4, -0.2) is 87.3 Å². The molecule has 4 amide bonds. The maximum atomic E-state index is 14.1. The minimum absolute atomic E-state index is 0.00133. The molecule has 0 aromatic heterocycles. The number of carboxylic acid groups (broad SMARTS) is 1. The summed E-state index contributed by atoms with van der Waals surface area (Å²) in [5.74, 6) is -2.52. The lowest BCUT2D eigenvalue weighted by Gasteiger charge is -2.33. The SMILES string of the molecule is C[C@@H]1CN(C(=O)O[C@@H]2C[C@H]3C(=O)N[C@]4(C(=O)O)C[C@H]4/C=C\CCCCC[C@H](NC(=O)OC(C)(C)C)C(=O)N3C2)Cc2ccccc21. The van der Waals surface area contributed by atoms with E-state index >= 15 is 0 Å². The van der Waals surface area contributed by atoms with E-state index in [0.717, 1.165) is 24.8 Å². The van der Waals surface area contributed by atoms with Gasteiger partial charge in [-0.05, 0) is 63.5 Å². The van der Waals surface area contributed by atoms with Crippen LogP contribution in [0.2, 0.25) is 0 Å². The molecule has 0 unspecified atom stereocenters. The van der Waals surface area contributed by atoms with Crippen molar-refractivity contribution >= 4 is 30.0 Å². The Bertz CT molecular complexity index is 1390. The minimum atomic E-state index is -1.46. The largest absolute Gasteiger partial charge is 0.479 e. The molecule has 0 radical (unpaired) electrons. The molecule has 3 heterocycles. The van der Waals surface area contributed by atoms with Crippen molar-refractivity contribution in [2.24, 2.45) is 5.92 Å². The van der Waals surface area contributed by atoms with Crippen molar-refractivity contribution in [2.45, 2.75) is 114 Å². The Hall–Kier alpha value is -4.09. The third kappa shape index (κ3) is 7.47. The number of hydrogen-bond donors (Lipinski definition) is 3. The molecule has 2 fully saturated rings. The van der Waals surface area contributed by atoms with E-state index < -0.39 is 59.3 Å². The summed E-state index contributed by atoms with van der Waals surface area (Å²) < 4.78 is 11.3. The quantitative estimate of drug-likeness (QED) is 0.419. The summed E-state index contributed by atoms with van der Waals surface area (Å²) in [5.41, 5.74) is -0.0184. The summed E-state index contributed by atoms with van der Waals surface area (Å²) in [7, 11) is 0. The second kappa shape index (κ2) is 13.3. The number of carboxylic acids is 1. The fraction of sp³-hybridized carbons (Fsp3) is 0.618. The number of alkyl carbamates (subject to hydrolysis) is 1. The van der Waals surface area contributed by atoms with Crippen molar-refractivity contribution in [3.05, 3.63) is 47.5 Å². The Kier molecular flexibility index (Phi) is 9.65. The average Bonchev–Trinajstić information content (AvgIpc) is 3.52. The molecule has 0 bridgehead atoms. The molecule has 0 spiro atoms. The van der Waals surface area contributed by atoms with Gasteiger partial charge in [0.1, 0.15) is 29.3 Å². The van der Waals surface area contributed by atoms with Gasteiger partial charge in [0, 0.05) is 25.4 Å². The van der Waals surface area contributed by atoms with E-state index in [1.165, 1.54) is 10.5 Å². The number of carbonyl (C=O) groups excluding carboxylic acids is 4. The monoisotopic (exact) mass is 638 g/mol. The number of rotatable bonds is 3. The number of allylic oxidation sites excluding steroid dienone is 1. The number of amides is 4. The van der Waals surface area contributed by atoms with Gasteiger partial charge in [0.25, 0.3) is 0 Å². The van der Waals surface area contributed by atoms with E-state index in [-0.39, 0.29) is 31.2 Å². The van der Waals surface area contributed by atoms with Gasteiger partial charge in [0.2, 0.25) is 11.8 Å². The van der Waals surface area contributed by atoms with Crippen LogP contribution < -0.4 is 10.6 Å². The van der Waals surface area contributed by atoms with Crippen molar-refractivity contribution in [1.29, 1.82) is 0 Å². The van der Waals surface area contributed by atoms with E-state index in [9.17, 15) is 29.1 Å². The number of aliphatic carboxylic acids is 1. The zero-order valence-electron chi connectivity index (χ0n) is 27.1. The molecule has 12 heteroatoms. The molecule has 1 saturated heterocycles. The molecule has 1 aliphatic carbocycles. The highest BCUT2D eigenvalue weighted by atomic mass is 16.6. The van der Waals surface area contributed by atoms with E-state index in [1.54, 1.807) is 25.7 Å². The number of ether oxygens (including phenoxy) is 2. The summed E-state index contributed by atoms with van der Waals surface area (Å²) in [5, 5.41) is 15.5. The van der Waals surface area contributed by atoms with Gasteiger partial charge in [-0.1, -0.05) is 56.2 Å². The highest BCUT2D eigenvalue weighted by molar-refractivity contribution is 5.96. The van der Waals surface area contributed by atoms with E-state index in [0.29, 0.717) is 25.9 Å². The molecule has 12 nitrogen and oxygen atoms in total. The maximum Gasteiger partial charge on any atom is 0.410 e. The highest BCUT2D eigenvalue weighted by Crippen LogP contribution is 2.45. The fourth-order valence-corrected chi connectivity index (χ4v) is 6.81. The Labute approximate surface area is 269 Å². The summed E-state index contributed by atoms with van der Waals surface area (Å²) in [4.78, 5) is 69.4. The van der Waals surface area contributed by atoms with Crippen LogP contribution in [-0.2, 0) is 30.4 Å². The summed E-state index contributed by atoms with van der Waals surface area (Å²) in [6.45, 7) is 8.00. The summed E-state index contributed by atoms with van der Waals surface area (Å²) in [6, 6.07) is 5.86. The summed E-state index contributed by atoms with van der Waals surface area (Å²) >= 11 is 0. The van der Waals surface area contributed by atoms with Gasteiger partial charge in [-0.15, -0.1) is 0 Å². The predicted octanol–water partition coefficient (Wildman–Crippen LogP) is 4.08. The van der Waals surface area contributed by atoms with Crippen molar-refractivity contribution in [3.8, 4) is 0 Å². The number of fused-ring (bicyclic) bond motifs is 3. The molecule has 1 aromatic rings. The second-order valence-corrected chi connectivity index (χ2v) is 14.1. The molecular formula is C34H46N4O8. The number of nitrogens with one attached hydrogen (secondary N) is 2. The molecule has 3 N–H and O–H groups in total. The maximum absolute atomic E-state index is 14.1. The molecule has 1 saturated carbocycles. The van der Waals surface area contributed by atoms with Gasteiger partial charge in [-0.2, -0.15) is 0 Å². The Morgan fingerprint density at radius 2 is 1.85 bits per heavy atom. The Morgan fingerprint density at radius 1 is 1.09 bits per heavy atom. The van der Waals surface area contributed by atoms with E-state index in [2.05, 4.69) is 16.7 Å². The average molecular weight is 639 g/mol. The molecule has 3 aliphatic heterocycles. The molecule has 5 rings (SSSR count). The molecular weight excluding hydrogens is 592 g/mol. The van der Waals surface area contributed by atoms with E-state index in [1.807, 2.05) is 37.3 Å². The highest BCUT2D eigenvalue weighted by Gasteiger charge is 2.61. The second-order valence-electron chi connectivity index (χ2n) is 14.1. The van der Waals surface area contributed by atoms with Crippen LogP contribution in [0, 0.1) is 5.92 Å². The number of benzene rings is 1. The number of carbonyl (C=O) groups is 5. The number of nitrogens with zero attached hydrogens (tertiary/aromatic N) is 2. The molecule has 4 aliphatic rings. The lowest BCUT2D eigenvalue weighted by Crippen LogP contribution is -2.56. The van der Waals surface area contributed by atoms with Gasteiger partial charge >= 0.3 is 18.2 Å². The van der Waals surface area contributed by atoms with Gasteiger partial charge in [-0.3, -0.25) is 9.59 Å². The van der Waals surface area contributed by atoms with Gasteiger partial charge < -0.3 is 35.0 Å². The topological polar surface area (TPSA) is 155 Å². The molecule has 6 atom stereocenters. The molecule has 1 aromatic carbocycles. The molecule has 250 valence electrons. The van der Waals surface area contributed by atoms with Crippen molar-refractivity contribution in [1.82, 2.24) is 20.4 Å². The third-order valence-electron chi connectivity index (χ3n) is 9.28. The van der Waals surface area contributed by atoms with Crippen LogP contribution in [0.3, 0.4) is 0 Å². The number of hydrogen-bond acceptors (Lipinski definition) is 7. The zero-order valence-corrected chi connectivity index (χ0v) is 27.1. The lowest BCUT2D eigenvalue weighted by atomic mass is 9.91. The van der Waals surface area contributed by atoms with Crippen LogP contribution in [0.15, 0.2) is 36.4 Å². The minimum Gasteiger partial charge on any atom is -0.479 e. The van der Waals surface area contributed by atoms with Crippen LogP contribution in [0.5, 0.6) is 0 Å². The lowest BCUT2D eigenvalue weighted by molar-refractivity contribution is -0.145. The first-order valence-electron chi connectivity index (χ1n) is 16.3. The van der Waals surface area contributed by atoms with Crippen LogP contribution in [0.4, 0.5) is 9.59 Å². The standard InChI is InChI=1S/C34H46N4O8/c1-21-18-37(19-22-12-10-11-14-25(21)22)32(44)45-24-16-27-28(39)36-34(30(41)42)17-23(34)13-8-6-5-7-9-15-26(29(40)38(27)20-24)35-31(43)46-33(2,3)4/h8,10-14,21,23-24,26-27H,5-7,9,15-20H2,1-4H3,(H,35,43)(H,36,39)(H,41,42)/b13-8-/t21-,23-,24-,26+,27+,34-/m1/s1. The van der Waals surface area contributed by atoms with Gasteiger partial charge in [-0.25, -0.2) is 14.4 Å². The van der Waals surface area contributed by atoms with Crippen LogP contribution >= 0.6 is 0 Å². The van der Waals surface area contributed by atoms with Crippen molar-refractivity contribution in [2.75, 3.05) is 13.1 Å². The first kappa shape index (κ1) is 33.3. The van der Waals surface area contributed by atoms with E-state index in [4.69, 9.17) is 9.47 Å². The Balaban J connectivity index is 1.37. The first-order valence-corrected chi connectivity index (χ1v) is 16.3. The predicted molar refractivity (Wildman–Crippen MR) is 168 cm³/mol. The third-order valence-corrected chi connectivity index (χ3v) is 9.28. The molecule has 46 heavy (non-hydrogen) atoms. The smallest absolute Gasteiger partial charge is 0.410 e. The van der Waals surface area contributed by atoms with Gasteiger partial charge in [0.15, 0.2) is 0 Å². The van der Waals surface area contributed by atoms with Gasteiger partial charge in [0.05, 0.1) is 6.54 Å². The normalized spacial score (nSPS) is 30.7. The van der Waals surface area contributed by atoms with Crippen molar-refractivity contribution in [3.63, 3.8) is 0 Å².